The SMILES string of the molecule is CCOC(OCC)C(=[NH+]c1c(F)cc(F)cc1F)C(=CN)C(=O)O. The predicted molar refractivity (Wildman–Crippen MR) is 78.9 cm³/mol. The molecule has 0 fully saturated rings. The molecule has 0 unspecified atom stereocenters. The molecule has 9 heteroatoms. The zero-order valence-electron chi connectivity index (χ0n) is 13.1. The normalized spacial score (nSPS) is 12.8. The van der Waals surface area contributed by atoms with Crippen molar-refractivity contribution in [1.82, 2.24) is 0 Å². The Morgan fingerprint density at radius 3 is 2.12 bits per heavy atom. The largest absolute Gasteiger partial charge is 0.477 e. The lowest BCUT2D eigenvalue weighted by molar-refractivity contribution is -0.369. The molecular weight excluding hydrogens is 329 g/mol. The van der Waals surface area contributed by atoms with Crippen LogP contribution in [0.25, 0.3) is 0 Å². The minimum Gasteiger partial charge on any atom is -0.477 e. The van der Waals surface area contributed by atoms with Crippen LogP contribution in [0.1, 0.15) is 13.8 Å². The number of benzene rings is 1. The fourth-order valence-corrected chi connectivity index (χ4v) is 1.84. The smallest absolute Gasteiger partial charge is 0.343 e. The summed E-state index contributed by atoms with van der Waals surface area (Å²) in [5, 5.41) is 9.22. The minimum atomic E-state index is -1.47. The van der Waals surface area contributed by atoms with Gasteiger partial charge in [0.15, 0.2) is 11.6 Å². The van der Waals surface area contributed by atoms with Crippen molar-refractivity contribution in [2.45, 2.75) is 20.1 Å². The molecule has 6 nitrogen and oxygen atoms in total. The van der Waals surface area contributed by atoms with Crippen LogP contribution in [0.4, 0.5) is 18.9 Å². The number of ether oxygens (including phenoxy) is 2. The first-order chi connectivity index (χ1) is 11.3. The molecule has 132 valence electrons. The van der Waals surface area contributed by atoms with E-state index >= 15 is 0 Å². The van der Waals surface area contributed by atoms with E-state index in [1.807, 2.05) is 0 Å². The van der Waals surface area contributed by atoms with Gasteiger partial charge in [0, 0.05) is 31.5 Å². The zero-order chi connectivity index (χ0) is 18.3. The van der Waals surface area contributed by atoms with Gasteiger partial charge in [-0.05, 0) is 13.8 Å². The van der Waals surface area contributed by atoms with Crippen molar-refractivity contribution in [3.05, 3.63) is 41.4 Å². The Bertz CT molecular complexity index is 633. The molecule has 4 N–H and O–H groups in total. The third-order valence-corrected chi connectivity index (χ3v) is 2.83. The van der Waals surface area contributed by atoms with E-state index in [9.17, 15) is 23.1 Å². The maximum Gasteiger partial charge on any atom is 0.343 e. The van der Waals surface area contributed by atoms with Crippen LogP contribution in [0.3, 0.4) is 0 Å². The molecule has 24 heavy (non-hydrogen) atoms. The highest BCUT2D eigenvalue weighted by Gasteiger charge is 2.32. The van der Waals surface area contributed by atoms with Gasteiger partial charge in [-0.25, -0.2) is 9.18 Å². The van der Waals surface area contributed by atoms with Crippen LogP contribution in [0.2, 0.25) is 0 Å². The second-order valence-electron chi connectivity index (χ2n) is 4.41. The Hall–Kier alpha value is -2.39. The van der Waals surface area contributed by atoms with E-state index in [4.69, 9.17) is 15.2 Å². The van der Waals surface area contributed by atoms with E-state index in [-0.39, 0.29) is 18.9 Å². The Balaban J connectivity index is 3.55. The molecule has 0 heterocycles. The summed E-state index contributed by atoms with van der Waals surface area (Å²) in [6.45, 7) is 3.49. The molecule has 0 aliphatic carbocycles. The van der Waals surface area contributed by atoms with E-state index in [1.165, 1.54) is 0 Å². The Morgan fingerprint density at radius 2 is 1.75 bits per heavy atom. The lowest BCUT2D eigenvalue weighted by Crippen LogP contribution is -2.72. The third kappa shape index (κ3) is 4.80. The summed E-state index contributed by atoms with van der Waals surface area (Å²) in [6.07, 6.45) is -0.538. The van der Waals surface area contributed by atoms with Gasteiger partial charge in [-0.2, -0.15) is 13.8 Å². The highest BCUT2D eigenvalue weighted by molar-refractivity contribution is 6.18. The van der Waals surface area contributed by atoms with E-state index in [2.05, 4.69) is 4.99 Å². The molecule has 0 atom stereocenters. The van der Waals surface area contributed by atoms with Gasteiger partial charge in [0.05, 0.1) is 0 Å². The van der Waals surface area contributed by atoms with Crippen molar-refractivity contribution >= 4 is 17.4 Å². The number of carboxylic acids is 1. The summed E-state index contributed by atoms with van der Waals surface area (Å²) in [5.41, 5.74) is 3.71. The first-order valence-corrected chi connectivity index (χ1v) is 7.02. The molecule has 0 spiro atoms. The number of nitrogens with one attached hydrogen (secondary N) is 1. The molecule has 0 saturated carbocycles. The van der Waals surface area contributed by atoms with Crippen LogP contribution in [-0.4, -0.2) is 36.3 Å². The van der Waals surface area contributed by atoms with Crippen LogP contribution in [-0.2, 0) is 14.3 Å². The van der Waals surface area contributed by atoms with Crippen LogP contribution >= 0.6 is 0 Å². The van der Waals surface area contributed by atoms with E-state index in [0.29, 0.717) is 12.1 Å². The molecule has 0 radical (unpaired) electrons. The number of halogens is 3. The number of hydrogen-bond acceptors (Lipinski definition) is 4. The Morgan fingerprint density at radius 1 is 1.25 bits per heavy atom. The zero-order valence-corrected chi connectivity index (χ0v) is 13.1. The van der Waals surface area contributed by atoms with Crippen molar-refractivity contribution in [1.29, 1.82) is 0 Å². The summed E-state index contributed by atoms with van der Waals surface area (Å²) < 4.78 is 51.2. The van der Waals surface area contributed by atoms with Crippen molar-refractivity contribution in [3.8, 4) is 0 Å². The summed E-state index contributed by atoms with van der Waals surface area (Å²) in [5.74, 6) is -5.08. The first kappa shape index (κ1) is 19.7. The number of rotatable bonds is 8. The summed E-state index contributed by atoms with van der Waals surface area (Å²) in [6, 6.07) is 0.901. The van der Waals surface area contributed by atoms with E-state index in [0.717, 1.165) is 6.20 Å². The number of carbonyl (C=O) groups is 1. The maximum atomic E-state index is 13.8. The van der Waals surface area contributed by atoms with E-state index < -0.39 is 41.0 Å². The van der Waals surface area contributed by atoms with Crippen LogP contribution in [0.15, 0.2) is 23.9 Å². The lowest BCUT2D eigenvalue weighted by Gasteiger charge is -2.15. The van der Waals surface area contributed by atoms with Gasteiger partial charge in [0.2, 0.25) is 6.29 Å². The molecular formula is C15H18F3N2O4+. The van der Waals surface area contributed by atoms with Crippen molar-refractivity contribution in [2.24, 2.45) is 5.73 Å². The van der Waals surface area contributed by atoms with E-state index in [1.54, 1.807) is 13.8 Å². The molecule has 0 bridgehead atoms. The van der Waals surface area contributed by atoms with Gasteiger partial charge in [-0.1, -0.05) is 0 Å². The number of carboxylic acid groups (broad SMARTS) is 1. The van der Waals surface area contributed by atoms with Gasteiger partial charge in [-0.3, -0.25) is 0 Å². The van der Waals surface area contributed by atoms with Crippen LogP contribution in [0.5, 0.6) is 0 Å². The average Bonchev–Trinajstić information content (AvgIpc) is 2.49. The minimum absolute atomic E-state index is 0.127. The molecule has 0 aromatic heterocycles. The predicted octanol–water partition coefficient (Wildman–Crippen LogP) is 0.583. The van der Waals surface area contributed by atoms with Crippen LogP contribution in [0, 0.1) is 17.5 Å². The van der Waals surface area contributed by atoms with Crippen molar-refractivity contribution in [2.75, 3.05) is 13.2 Å². The fourth-order valence-electron chi connectivity index (χ4n) is 1.84. The number of hydrogen-bond donors (Lipinski definition) is 3. The average molecular weight is 347 g/mol. The molecule has 0 aliphatic rings. The molecule has 1 aromatic rings. The summed E-state index contributed by atoms with van der Waals surface area (Å²) in [7, 11) is 0. The Kier molecular flexibility index (Phi) is 7.40. The maximum absolute atomic E-state index is 13.8. The molecule has 0 saturated heterocycles. The molecule has 1 aromatic carbocycles. The van der Waals surface area contributed by atoms with Gasteiger partial charge >= 0.3 is 5.97 Å². The number of aliphatic carboxylic acids is 1. The van der Waals surface area contributed by atoms with Gasteiger partial charge < -0.3 is 20.3 Å². The summed E-state index contributed by atoms with van der Waals surface area (Å²) >= 11 is 0. The molecule has 0 amide bonds. The lowest BCUT2D eigenvalue weighted by atomic mass is 10.1. The van der Waals surface area contributed by atoms with Crippen LogP contribution < -0.4 is 10.7 Å². The Labute approximate surface area is 136 Å². The van der Waals surface area contributed by atoms with Gasteiger partial charge in [0.25, 0.3) is 11.4 Å². The van der Waals surface area contributed by atoms with Gasteiger partial charge in [0.1, 0.15) is 11.4 Å². The quantitative estimate of drug-likeness (QED) is 0.363. The number of nitrogens with two attached hydrogens (primary N) is 1. The molecule has 0 aliphatic heterocycles. The van der Waals surface area contributed by atoms with Gasteiger partial charge in [-0.15, -0.1) is 0 Å². The monoisotopic (exact) mass is 347 g/mol. The second kappa shape index (κ2) is 9.04. The van der Waals surface area contributed by atoms with Crippen molar-refractivity contribution < 1.29 is 37.5 Å². The fraction of sp³-hybridized carbons (Fsp3) is 0.333. The second-order valence-corrected chi connectivity index (χ2v) is 4.41. The standard InChI is InChI=1S/C15H17F3N2O4/c1-3-23-15(24-4-2)12(9(7-19)14(21)22)20-13-10(17)5-8(16)6-11(13)18/h5-7,15H,3-4,19H2,1-2H3,(H,21,22)/p+1. The third-order valence-electron chi connectivity index (χ3n) is 2.83. The topological polar surface area (TPSA) is 95.8 Å². The van der Waals surface area contributed by atoms with Crippen molar-refractivity contribution in [3.63, 3.8) is 0 Å². The highest BCUT2D eigenvalue weighted by Crippen LogP contribution is 2.15. The molecule has 1 rings (SSSR count). The highest BCUT2D eigenvalue weighted by atomic mass is 19.1. The summed E-state index contributed by atoms with van der Waals surface area (Å²) in [4.78, 5) is 13.6. The first-order valence-electron chi connectivity index (χ1n) is 7.02.